The highest BCUT2D eigenvalue weighted by atomic mass is 32.2. The third-order valence-electron chi connectivity index (χ3n) is 6.32. The molecule has 0 radical (unpaired) electrons. The Hall–Kier alpha value is -3.99. The Labute approximate surface area is 270 Å². The molecule has 0 aliphatic carbocycles. The number of carbonyl (C=O) groups is 1. The number of esters is 1. The first-order valence-corrected chi connectivity index (χ1v) is 16.9. The summed E-state index contributed by atoms with van der Waals surface area (Å²) < 4.78 is 42.1. The zero-order chi connectivity index (χ0) is 33.4. The topological polar surface area (TPSA) is 99.2 Å². The summed E-state index contributed by atoms with van der Waals surface area (Å²) in [5.41, 5.74) is 2.74. The van der Waals surface area contributed by atoms with Gasteiger partial charge in [-0.1, -0.05) is 17.7 Å². The lowest BCUT2D eigenvalue weighted by Crippen LogP contribution is -2.27. The zero-order valence-electron chi connectivity index (χ0n) is 27.1. The first-order chi connectivity index (χ1) is 21.0. The lowest BCUT2D eigenvalue weighted by atomic mass is 10.2. The largest absolute Gasteiger partial charge is 0.744 e. The molecule has 0 saturated heterocycles. The van der Waals surface area contributed by atoms with Crippen molar-refractivity contribution < 1.29 is 27.2 Å². The number of anilines is 2. The number of rotatable bonds is 9. The molecule has 8 nitrogen and oxygen atoms in total. The molecule has 0 atom stereocenters. The molecule has 0 unspecified atom stereocenters. The van der Waals surface area contributed by atoms with Crippen LogP contribution in [-0.4, -0.2) is 59.3 Å². The van der Waals surface area contributed by atoms with Crippen LogP contribution in [0.5, 0.6) is 5.75 Å². The van der Waals surface area contributed by atoms with Crippen molar-refractivity contribution in [1.29, 1.82) is 0 Å². The van der Waals surface area contributed by atoms with Crippen molar-refractivity contribution in [2.45, 2.75) is 52.9 Å². The molecule has 0 heterocycles. The van der Waals surface area contributed by atoms with E-state index in [0.29, 0.717) is 5.75 Å². The Morgan fingerprint density at radius 1 is 0.711 bits per heavy atom. The molecule has 0 fully saturated rings. The standard InChI is InChI=1S/C28H35N2O3S.C7H8O3S/c1-28(2,3)33-27(31)20-32-23-12-18-26(19-13-23)34(24-14-8-21(9-15-24)29(4)5)25-16-10-22(11-17-25)30(6)7;1-6-2-4-7(5-3-6)11(8,9)10/h8-19H,20H2,1-7H3;2-5H,1H3,(H,8,9,10)/q+1;/p-1. The molecule has 0 bridgehead atoms. The molecule has 0 N–H and O–H groups in total. The lowest BCUT2D eigenvalue weighted by molar-refractivity contribution is -0.157. The van der Waals surface area contributed by atoms with Crippen LogP contribution in [0.15, 0.2) is 117 Å². The first kappa shape index (κ1) is 35.5. The Morgan fingerprint density at radius 3 is 1.47 bits per heavy atom. The van der Waals surface area contributed by atoms with Crippen LogP contribution in [0, 0.1) is 6.92 Å². The van der Waals surface area contributed by atoms with E-state index in [-0.39, 0.29) is 28.4 Å². The summed E-state index contributed by atoms with van der Waals surface area (Å²) in [6.45, 7) is 7.24. The van der Waals surface area contributed by atoms with Gasteiger partial charge in [0.15, 0.2) is 21.3 Å². The fraction of sp³-hybridized carbons (Fsp3) is 0.286. The van der Waals surface area contributed by atoms with Crippen LogP contribution in [-0.2, 0) is 30.5 Å². The van der Waals surface area contributed by atoms with Crippen molar-refractivity contribution in [1.82, 2.24) is 0 Å². The van der Waals surface area contributed by atoms with Gasteiger partial charge in [-0.25, -0.2) is 13.2 Å². The number of ether oxygens (including phenoxy) is 2. The normalized spacial score (nSPS) is 11.3. The van der Waals surface area contributed by atoms with E-state index in [0.717, 1.165) is 5.56 Å². The summed E-state index contributed by atoms with van der Waals surface area (Å²) in [6, 6.07) is 31.2. The first-order valence-electron chi connectivity index (χ1n) is 14.3. The molecule has 0 aliphatic heterocycles. The van der Waals surface area contributed by atoms with Crippen molar-refractivity contribution in [2.24, 2.45) is 0 Å². The highest BCUT2D eigenvalue weighted by Crippen LogP contribution is 2.34. The van der Waals surface area contributed by atoms with E-state index in [1.807, 2.05) is 68.0 Å². The van der Waals surface area contributed by atoms with Gasteiger partial charge in [-0.2, -0.15) is 0 Å². The third-order valence-corrected chi connectivity index (χ3v) is 9.40. The van der Waals surface area contributed by atoms with Crippen molar-refractivity contribution in [3.8, 4) is 5.75 Å². The Morgan fingerprint density at radius 2 is 1.11 bits per heavy atom. The predicted molar refractivity (Wildman–Crippen MR) is 181 cm³/mol. The molecule has 45 heavy (non-hydrogen) atoms. The van der Waals surface area contributed by atoms with E-state index in [9.17, 15) is 17.8 Å². The molecular weight excluding hydrogens is 609 g/mol. The van der Waals surface area contributed by atoms with Gasteiger partial charge in [-0.15, -0.1) is 0 Å². The second kappa shape index (κ2) is 15.3. The highest BCUT2D eigenvalue weighted by molar-refractivity contribution is 7.97. The van der Waals surface area contributed by atoms with Crippen LogP contribution in [0.25, 0.3) is 0 Å². The van der Waals surface area contributed by atoms with Gasteiger partial charge in [-0.05, 0) is 113 Å². The second-order valence-corrected chi connectivity index (χ2v) is 15.1. The van der Waals surface area contributed by atoms with Crippen molar-refractivity contribution in [3.63, 3.8) is 0 Å². The Balaban J connectivity index is 0.000000423. The molecule has 0 saturated carbocycles. The lowest BCUT2D eigenvalue weighted by Gasteiger charge is -2.19. The maximum absolute atomic E-state index is 12.0. The van der Waals surface area contributed by atoms with E-state index >= 15 is 0 Å². The summed E-state index contributed by atoms with van der Waals surface area (Å²) in [7, 11) is 3.64. The summed E-state index contributed by atoms with van der Waals surface area (Å²) in [4.78, 5) is 19.7. The number of hydrogen-bond donors (Lipinski definition) is 0. The van der Waals surface area contributed by atoms with Crippen LogP contribution in [0.1, 0.15) is 26.3 Å². The summed E-state index contributed by atoms with van der Waals surface area (Å²) >= 11 is 0. The van der Waals surface area contributed by atoms with Gasteiger partial charge in [0.25, 0.3) is 0 Å². The predicted octanol–water partition coefficient (Wildman–Crippen LogP) is 6.53. The van der Waals surface area contributed by atoms with Crippen LogP contribution < -0.4 is 14.5 Å². The van der Waals surface area contributed by atoms with Gasteiger partial charge in [0.05, 0.1) is 15.8 Å². The Kier molecular flexibility index (Phi) is 12.1. The maximum atomic E-state index is 12.0. The van der Waals surface area contributed by atoms with Gasteiger partial charge in [-0.3, -0.25) is 0 Å². The quantitative estimate of drug-likeness (QED) is 0.115. The molecule has 10 heteroatoms. The second-order valence-electron chi connectivity index (χ2n) is 11.7. The van der Waals surface area contributed by atoms with Gasteiger partial charge < -0.3 is 23.8 Å². The van der Waals surface area contributed by atoms with E-state index in [4.69, 9.17) is 9.47 Å². The van der Waals surface area contributed by atoms with Crippen LogP contribution in [0.2, 0.25) is 0 Å². The fourth-order valence-electron chi connectivity index (χ4n) is 4.06. The molecule has 4 rings (SSSR count). The molecule has 0 spiro atoms. The summed E-state index contributed by atoms with van der Waals surface area (Å²) in [5.74, 6) is 0.266. The monoisotopic (exact) mass is 650 g/mol. The zero-order valence-corrected chi connectivity index (χ0v) is 28.7. The highest BCUT2D eigenvalue weighted by Gasteiger charge is 2.29. The molecule has 0 amide bonds. The van der Waals surface area contributed by atoms with Crippen LogP contribution in [0.4, 0.5) is 11.4 Å². The van der Waals surface area contributed by atoms with E-state index in [1.54, 1.807) is 12.1 Å². The fourth-order valence-corrected chi connectivity index (χ4v) is 6.57. The maximum Gasteiger partial charge on any atom is 0.344 e. The Bertz CT molecular complexity index is 1580. The van der Waals surface area contributed by atoms with Gasteiger partial charge in [0, 0.05) is 39.6 Å². The van der Waals surface area contributed by atoms with Gasteiger partial charge in [0.1, 0.15) is 21.5 Å². The number of aryl methyl sites for hydroxylation is 1. The average molecular weight is 651 g/mol. The van der Waals surface area contributed by atoms with Crippen LogP contribution >= 0.6 is 0 Å². The smallest absolute Gasteiger partial charge is 0.344 e. The SMILES string of the molecule is CN(C)c1ccc([S+](c2ccc(OCC(=O)OC(C)(C)C)cc2)c2ccc(N(C)C)cc2)cc1.Cc1ccc(S(=O)(=O)[O-])cc1. The molecular formula is C35H42N2O6S2. The third kappa shape index (κ3) is 11.1. The van der Waals surface area contributed by atoms with Crippen molar-refractivity contribution >= 4 is 38.4 Å². The van der Waals surface area contributed by atoms with Crippen molar-refractivity contribution in [2.75, 3.05) is 44.6 Å². The van der Waals surface area contributed by atoms with E-state index < -0.39 is 15.7 Å². The number of nitrogens with zero attached hydrogens (tertiary/aromatic N) is 2. The molecule has 0 aromatic heterocycles. The average Bonchev–Trinajstić information content (AvgIpc) is 2.97. The molecule has 240 valence electrons. The number of benzene rings is 4. The van der Waals surface area contributed by atoms with Crippen LogP contribution in [0.3, 0.4) is 0 Å². The molecule has 4 aromatic carbocycles. The minimum atomic E-state index is -4.27. The van der Waals surface area contributed by atoms with Gasteiger partial charge in [0.2, 0.25) is 0 Å². The van der Waals surface area contributed by atoms with Gasteiger partial charge >= 0.3 is 5.97 Å². The number of carbonyl (C=O) groups excluding carboxylic acids is 1. The summed E-state index contributed by atoms with van der Waals surface area (Å²) in [6.07, 6.45) is 0. The van der Waals surface area contributed by atoms with E-state index in [1.165, 1.54) is 38.2 Å². The minimum Gasteiger partial charge on any atom is -0.744 e. The number of hydrogen-bond acceptors (Lipinski definition) is 8. The molecule has 0 aliphatic rings. The minimum absolute atomic E-state index is 0.111. The summed E-state index contributed by atoms with van der Waals surface area (Å²) in [5, 5.41) is 0. The van der Waals surface area contributed by atoms with Crippen molar-refractivity contribution in [3.05, 3.63) is 103 Å². The van der Waals surface area contributed by atoms with E-state index in [2.05, 4.69) is 70.5 Å². The molecule has 4 aromatic rings.